The van der Waals surface area contributed by atoms with Crippen molar-refractivity contribution < 1.29 is 4.79 Å². The molecule has 1 amide bonds. The summed E-state index contributed by atoms with van der Waals surface area (Å²) in [6, 6.07) is 2.00. The predicted octanol–water partition coefficient (Wildman–Crippen LogP) is 2.30. The molecule has 4 rings (SSSR count). The summed E-state index contributed by atoms with van der Waals surface area (Å²) in [5.74, 6) is 1.61. The van der Waals surface area contributed by atoms with Gasteiger partial charge in [-0.25, -0.2) is 19.9 Å². The molecule has 0 radical (unpaired) electrons. The Balaban J connectivity index is 1.58. The van der Waals surface area contributed by atoms with Crippen molar-refractivity contribution in [1.29, 1.82) is 0 Å². The highest BCUT2D eigenvalue weighted by atomic mass is 16.2. The van der Waals surface area contributed by atoms with Crippen molar-refractivity contribution in [2.24, 2.45) is 7.05 Å². The first-order chi connectivity index (χ1) is 13.5. The molecule has 4 heterocycles. The van der Waals surface area contributed by atoms with Crippen LogP contribution in [0.5, 0.6) is 0 Å². The first kappa shape index (κ1) is 18.2. The lowest BCUT2D eigenvalue weighted by Gasteiger charge is -2.32. The molecular weight excluding hydrogens is 354 g/mol. The van der Waals surface area contributed by atoms with E-state index in [-0.39, 0.29) is 11.8 Å². The van der Waals surface area contributed by atoms with Crippen molar-refractivity contribution in [2.75, 3.05) is 13.1 Å². The van der Waals surface area contributed by atoms with Crippen LogP contribution in [0.4, 0.5) is 0 Å². The molecule has 1 aliphatic rings. The summed E-state index contributed by atoms with van der Waals surface area (Å²) in [7, 11) is 1.95. The fourth-order valence-electron chi connectivity index (χ4n) is 3.59. The maximum absolute atomic E-state index is 12.8. The highest BCUT2D eigenvalue weighted by Crippen LogP contribution is 2.28. The minimum absolute atomic E-state index is 0.0766. The third kappa shape index (κ3) is 3.62. The predicted molar refractivity (Wildman–Crippen MR) is 104 cm³/mol. The molecule has 8 nitrogen and oxygen atoms in total. The molecule has 0 spiro atoms. The first-order valence-electron chi connectivity index (χ1n) is 9.42. The Bertz CT molecular complexity index is 996. The summed E-state index contributed by atoms with van der Waals surface area (Å²) < 4.78 is 1.94. The van der Waals surface area contributed by atoms with E-state index in [0.29, 0.717) is 18.1 Å². The number of aromatic nitrogens is 6. The summed E-state index contributed by atoms with van der Waals surface area (Å²) in [5.41, 5.74) is 2.95. The summed E-state index contributed by atoms with van der Waals surface area (Å²) >= 11 is 0. The van der Waals surface area contributed by atoms with Crippen LogP contribution in [0, 0.1) is 13.8 Å². The van der Waals surface area contributed by atoms with Gasteiger partial charge in [0.1, 0.15) is 17.2 Å². The van der Waals surface area contributed by atoms with Crippen LogP contribution in [0.3, 0.4) is 0 Å². The van der Waals surface area contributed by atoms with Crippen LogP contribution in [0.1, 0.15) is 46.5 Å². The van der Waals surface area contributed by atoms with Crippen molar-refractivity contribution in [1.82, 2.24) is 34.4 Å². The normalized spacial score (nSPS) is 17.0. The lowest BCUT2D eigenvalue weighted by atomic mass is 9.93. The molecule has 0 N–H and O–H groups in total. The summed E-state index contributed by atoms with van der Waals surface area (Å²) in [6.07, 6.45) is 8.75. The highest BCUT2D eigenvalue weighted by molar-refractivity contribution is 5.92. The van der Waals surface area contributed by atoms with E-state index in [1.165, 1.54) is 0 Å². The Labute approximate surface area is 163 Å². The van der Waals surface area contributed by atoms with E-state index in [2.05, 4.69) is 24.9 Å². The van der Waals surface area contributed by atoms with Gasteiger partial charge in [0.15, 0.2) is 5.82 Å². The van der Waals surface area contributed by atoms with Gasteiger partial charge in [0, 0.05) is 50.3 Å². The Kier molecular flexibility index (Phi) is 4.85. The average molecular weight is 377 g/mol. The van der Waals surface area contributed by atoms with Crippen LogP contribution in [-0.4, -0.2) is 53.4 Å². The zero-order valence-electron chi connectivity index (χ0n) is 16.3. The molecule has 1 saturated heterocycles. The van der Waals surface area contributed by atoms with E-state index in [9.17, 15) is 4.79 Å². The molecule has 0 aromatic carbocycles. The number of amides is 1. The topological polar surface area (TPSA) is 89.7 Å². The fourth-order valence-corrected chi connectivity index (χ4v) is 3.59. The molecule has 3 aromatic heterocycles. The number of carbonyl (C=O) groups excluding carboxylic acids is 1. The summed E-state index contributed by atoms with van der Waals surface area (Å²) in [4.78, 5) is 36.7. The van der Waals surface area contributed by atoms with Crippen molar-refractivity contribution in [3.63, 3.8) is 0 Å². The molecule has 0 saturated carbocycles. The lowest BCUT2D eigenvalue weighted by molar-refractivity contribution is 0.0699. The van der Waals surface area contributed by atoms with Crippen LogP contribution < -0.4 is 0 Å². The summed E-state index contributed by atoms with van der Waals surface area (Å²) in [6.45, 7) is 5.09. The molecule has 3 aromatic rings. The van der Waals surface area contributed by atoms with Crippen LogP contribution in [0.15, 0.2) is 30.9 Å². The van der Waals surface area contributed by atoms with Gasteiger partial charge in [-0.2, -0.15) is 0 Å². The van der Waals surface area contributed by atoms with Gasteiger partial charge in [-0.15, -0.1) is 0 Å². The van der Waals surface area contributed by atoms with E-state index < -0.39 is 0 Å². The largest absolute Gasteiger partial charge is 0.337 e. The molecule has 0 bridgehead atoms. The van der Waals surface area contributed by atoms with E-state index in [1.54, 1.807) is 18.6 Å². The highest BCUT2D eigenvalue weighted by Gasteiger charge is 2.28. The zero-order chi connectivity index (χ0) is 19.7. The van der Waals surface area contributed by atoms with Crippen LogP contribution >= 0.6 is 0 Å². The SMILES string of the molecule is Cc1cnc(C(=O)N2CCC[C@H](c3cc(-c4nccn4C)nc(C)n3)C2)cn1. The average Bonchev–Trinajstić information content (AvgIpc) is 3.13. The molecule has 1 atom stereocenters. The van der Waals surface area contributed by atoms with Crippen LogP contribution in [0.25, 0.3) is 11.5 Å². The van der Waals surface area contributed by atoms with Gasteiger partial charge >= 0.3 is 0 Å². The monoisotopic (exact) mass is 377 g/mol. The molecule has 0 aliphatic carbocycles. The maximum Gasteiger partial charge on any atom is 0.274 e. The second-order valence-corrected chi connectivity index (χ2v) is 7.22. The number of aryl methyl sites for hydroxylation is 3. The van der Waals surface area contributed by atoms with Crippen molar-refractivity contribution >= 4 is 5.91 Å². The van der Waals surface area contributed by atoms with Gasteiger partial charge in [0.05, 0.1) is 11.9 Å². The number of hydrogen-bond donors (Lipinski definition) is 0. The Morgan fingerprint density at radius 1 is 1.14 bits per heavy atom. The number of imidazole rings is 1. The van der Waals surface area contributed by atoms with Crippen molar-refractivity contribution in [3.05, 3.63) is 53.8 Å². The number of hydrogen-bond acceptors (Lipinski definition) is 6. The summed E-state index contributed by atoms with van der Waals surface area (Å²) in [5, 5.41) is 0. The number of carbonyl (C=O) groups is 1. The first-order valence-corrected chi connectivity index (χ1v) is 9.42. The quantitative estimate of drug-likeness (QED) is 0.696. The van der Waals surface area contributed by atoms with Gasteiger partial charge in [-0.3, -0.25) is 9.78 Å². The van der Waals surface area contributed by atoms with Crippen molar-refractivity contribution in [3.8, 4) is 11.5 Å². The van der Waals surface area contributed by atoms with Crippen LogP contribution in [0.2, 0.25) is 0 Å². The Hall–Kier alpha value is -3.16. The van der Waals surface area contributed by atoms with Gasteiger partial charge in [0.2, 0.25) is 0 Å². The zero-order valence-corrected chi connectivity index (χ0v) is 16.3. The molecule has 8 heteroatoms. The minimum Gasteiger partial charge on any atom is -0.337 e. The molecular formula is C20H23N7O. The number of piperidine rings is 1. The Morgan fingerprint density at radius 2 is 2.00 bits per heavy atom. The Morgan fingerprint density at radius 3 is 2.71 bits per heavy atom. The second-order valence-electron chi connectivity index (χ2n) is 7.22. The van der Waals surface area contributed by atoms with Gasteiger partial charge in [-0.05, 0) is 32.8 Å². The van der Waals surface area contributed by atoms with E-state index in [4.69, 9.17) is 0 Å². The molecule has 1 aliphatic heterocycles. The molecule has 0 unspecified atom stereocenters. The molecule has 28 heavy (non-hydrogen) atoms. The van der Waals surface area contributed by atoms with E-state index in [1.807, 2.05) is 42.6 Å². The third-order valence-electron chi connectivity index (χ3n) is 5.03. The lowest BCUT2D eigenvalue weighted by Crippen LogP contribution is -2.39. The fraction of sp³-hybridized carbons (Fsp3) is 0.400. The molecule has 1 fully saturated rings. The van der Waals surface area contributed by atoms with E-state index in [0.717, 1.165) is 42.3 Å². The van der Waals surface area contributed by atoms with Gasteiger partial charge in [-0.1, -0.05) is 0 Å². The number of rotatable bonds is 3. The number of likely N-dealkylation sites (tertiary alicyclic amines) is 1. The smallest absolute Gasteiger partial charge is 0.274 e. The molecule has 144 valence electrons. The standard InChI is InChI=1S/C20H23N7O/c1-13-10-23-18(11-22-13)20(28)27-7-4-5-15(12-27)16-9-17(25-14(2)24-16)19-21-6-8-26(19)3/h6,8-11,15H,4-5,7,12H2,1-3H3/t15-/m0/s1. The van der Waals surface area contributed by atoms with Crippen LogP contribution in [-0.2, 0) is 7.05 Å². The number of nitrogens with zero attached hydrogens (tertiary/aromatic N) is 7. The van der Waals surface area contributed by atoms with Gasteiger partial charge in [0.25, 0.3) is 5.91 Å². The second kappa shape index (κ2) is 7.46. The third-order valence-corrected chi connectivity index (χ3v) is 5.03. The van der Waals surface area contributed by atoms with Gasteiger partial charge < -0.3 is 9.47 Å². The minimum atomic E-state index is -0.0766. The van der Waals surface area contributed by atoms with E-state index >= 15 is 0 Å². The van der Waals surface area contributed by atoms with Crippen molar-refractivity contribution in [2.45, 2.75) is 32.6 Å². The maximum atomic E-state index is 12.8.